The van der Waals surface area contributed by atoms with Crippen molar-refractivity contribution in [2.75, 3.05) is 11.6 Å². The fraction of sp³-hybridized carbons (Fsp3) is 0.333. The molecule has 2 rings (SSSR count). The first-order valence-electron chi connectivity index (χ1n) is 5.16. The molecule has 3 nitrogen and oxygen atoms in total. The number of benzene rings is 1. The van der Waals surface area contributed by atoms with Crippen molar-refractivity contribution in [3.63, 3.8) is 0 Å². The maximum atomic E-state index is 11.4. The molecule has 0 amide bonds. The molecule has 0 radical (unpaired) electrons. The Hall–Kier alpha value is -1.13. The smallest absolute Gasteiger partial charge is 0.213 e. The number of thioether (sulfide) groups is 1. The summed E-state index contributed by atoms with van der Waals surface area (Å²) in [5.74, 6) is 1.24. The van der Waals surface area contributed by atoms with Crippen LogP contribution in [0.1, 0.15) is 5.56 Å². The molecule has 1 aliphatic heterocycles. The van der Waals surface area contributed by atoms with Gasteiger partial charge in [-0.15, -0.1) is 11.8 Å². The highest BCUT2D eigenvalue weighted by atomic mass is 32.2. The normalized spacial score (nSPS) is 20.9. The van der Waals surface area contributed by atoms with Gasteiger partial charge in [0.05, 0.1) is 6.04 Å². The Morgan fingerprint density at radius 1 is 1.44 bits per heavy atom. The molecular formula is C12H13NO2S. The van der Waals surface area contributed by atoms with E-state index in [1.807, 2.05) is 30.3 Å². The molecule has 1 aliphatic rings. The van der Waals surface area contributed by atoms with Gasteiger partial charge in [-0.1, -0.05) is 30.3 Å². The molecule has 4 heteroatoms. The van der Waals surface area contributed by atoms with Gasteiger partial charge in [-0.3, -0.25) is 14.5 Å². The number of carbonyl (C=O) groups excluding carboxylic acids is 2. The summed E-state index contributed by atoms with van der Waals surface area (Å²) in [7, 11) is 0. The van der Waals surface area contributed by atoms with Gasteiger partial charge >= 0.3 is 0 Å². The number of aldehydes is 1. The fourth-order valence-corrected chi connectivity index (χ4v) is 3.00. The van der Waals surface area contributed by atoms with Crippen LogP contribution in [0.25, 0.3) is 0 Å². The van der Waals surface area contributed by atoms with Crippen LogP contribution >= 0.6 is 11.8 Å². The minimum absolute atomic E-state index is 0.234. The Bertz CT molecular complexity index is 380. The minimum Gasteiger partial charge on any atom is -0.295 e. The molecule has 0 aromatic heterocycles. The van der Waals surface area contributed by atoms with Crippen molar-refractivity contribution in [2.45, 2.75) is 12.6 Å². The first-order chi connectivity index (χ1) is 7.81. The SMILES string of the molecule is O=CC(=O)C1CSCN1Cc1ccccc1. The van der Waals surface area contributed by atoms with Crippen LogP contribution in [0.2, 0.25) is 0 Å². The molecule has 1 aromatic rings. The summed E-state index contributed by atoms with van der Waals surface area (Å²) in [6, 6.07) is 9.76. The van der Waals surface area contributed by atoms with Crippen LogP contribution in [0.3, 0.4) is 0 Å². The third kappa shape index (κ3) is 2.51. The van der Waals surface area contributed by atoms with Crippen molar-refractivity contribution in [2.24, 2.45) is 0 Å². The Balaban J connectivity index is 2.04. The van der Waals surface area contributed by atoms with Crippen LogP contribution in [0.15, 0.2) is 30.3 Å². The maximum absolute atomic E-state index is 11.4. The number of hydrogen-bond acceptors (Lipinski definition) is 4. The molecule has 1 saturated heterocycles. The Labute approximate surface area is 98.8 Å². The monoisotopic (exact) mass is 235 g/mol. The van der Waals surface area contributed by atoms with Gasteiger partial charge in [-0.25, -0.2) is 0 Å². The largest absolute Gasteiger partial charge is 0.295 e. The number of rotatable bonds is 4. The molecule has 1 fully saturated rings. The van der Waals surface area contributed by atoms with E-state index in [1.165, 1.54) is 5.56 Å². The number of hydrogen-bond donors (Lipinski definition) is 0. The van der Waals surface area contributed by atoms with Gasteiger partial charge in [0.25, 0.3) is 0 Å². The lowest BCUT2D eigenvalue weighted by Gasteiger charge is -2.20. The summed E-state index contributed by atoms with van der Waals surface area (Å²) in [5, 5.41) is 0. The van der Waals surface area contributed by atoms with Crippen molar-refractivity contribution in [1.82, 2.24) is 4.90 Å². The zero-order valence-corrected chi connectivity index (χ0v) is 9.65. The van der Waals surface area contributed by atoms with Gasteiger partial charge in [-0.05, 0) is 5.56 Å². The van der Waals surface area contributed by atoms with Crippen molar-refractivity contribution < 1.29 is 9.59 Å². The molecule has 84 valence electrons. The Kier molecular flexibility index (Phi) is 3.74. The highest BCUT2D eigenvalue weighted by Gasteiger charge is 2.30. The molecule has 0 saturated carbocycles. The van der Waals surface area contributed by atoms with Gasteiger partial charge in [0, 0.05) is 18.2 Å². The van der Waals surface area contributed by atoms with E-state index in [9.17, 15) is 9.59 Å². The van der Waals surface area contributed by atoms with Crippen LogP contribution in [0.5, 0.6) is 0 Å². The average molecular weight is 235 g/mol. The molecule has 0 N–H and O–H groups in total. The zero-order chi connectivity index (χ0) is 11.4. The van der Waals surface area contributed by atoms with E-state index < -0.39 is 0 Å². The van der Waals surface area contributed by atoms with E-state index in [1.54, 1.807) is 11.8 Å². The van der Waals surface area contributed by atoms with Crippen molar-refractivity contribution >= 4 is 23.8 Å². The van der Waals surface area contributed by atoms with E-state index in [0.717, 1.165) is 18.2 Å². The molecule has 16 heavy (non-hydrogen) atoms. The second-order valence-electron chi connectivity index (χ2n) is 3.77. The number of nitrogens with zero attached hydrogens (tertiary/aromatic N) is 1. The third-order valence-electron chi connectivity index (χ3n) is 2.65. The third-order valence-corrected chi connectivity index (χ3v) is 3.71. The summed E-state index contributed by atoms with van der Waals surface area (Å²) in [4.78, 5) is 23.9. The summed E-state index contributed by atoms with van der Waals surface area (Å²) in [6.45, 7) is 0.734. The van der Waals surface area contributed by atoms with Gasteiger partial charge in [0.2, 0.25) is 5.78 Å². The second kappa shape index (κ2) is 5.27. The van der Waals surface area contributed by atoms with Crippen LogP contribution in [0.4, 0.5) is 0 Å². The van der Waals surface area contributed by atoms with Gasteiger partial charge < -0.3 is 0 Å². The molecule has 0 bridgehead atoms. The van der Waals surface area contributed by atoms with Crippen LogP contribution in [0, 0.1) is 0 Å². The molecule has 1 atom stereocenters. The standard InChI is InChI=1S/C12H13NO2S/c14-7-12(15)11-8-16-9-13(11)6-10-4-2-1-3-5-10/h1-5,7,11H,6,8-9H2. The van der Waals surface area contributed by atoms with E-state index in [-0.39, 0.29) is 11.8 Å². The molecule has 1 unspecified atom stereocenters. The Morgan fingerprint density at radius 3 is 2.88 bits per heavy atom. The summed E-state index contributed by atoms with van der Waals surface area (Å²) in [6.07, 6.45) is 0.439. The highest BCUT2D eigenvalue weighted by Crippen LogP contribution is 2.23. The quantitative estimate of drug-likeness (QED) is 0.583. The van der Waals surface area contributed by atoms with Crippen LogP contribution in [-0.4, -0.2) is 34.6 Å². The topological polar surface area (TPSA) is 37.4 Å². The van der Waals surface area contributed by atoms with Gasteiger partial charge in [0.1, 0.15) is 0 Å². The summed E-state index contributed by atoms with van der Waals surface area (Å²) >= 11 is 1.70. The lowest BCUT2D eigenvalue weighted by atomic mass is 10.1. The first kappa shape index (κ1) is 11.4. The molecule has 0 aliphatic carbocycles. The van der Waals surface area contributed by atoms with Gasteiger partial charge in [0.15, 0.2) is 6.29 Å². The van der Waals surface area contributed by atoms with Crippen molar-refractivity contribution in [3.05, 3.63) is 35.9 Å². The van der Waals surface area contributed by atoms with E-state index in [0.29, 0.717) is 6.29 Å². The van der Waals surface area contributed by atoms with Crippen molar-refractivity contribution in [3.8, 4) is 0 Å². The Morgan fingerprint density at radius 2 is 2.19 bits per heavy atom. The number of carbonyl (C=O) groups is 2. The maximum Gasteiger partial charge on any atom is 0.213 e. The van der Waals surface area contributed by atoms with Crippen molar-refractivity contribution in [1.29, 1.82) is 0 Å². The molecule has 1 heterocycles. The van der Waals surface area contributed by atoms with E-state index in [4.69, 9.17) is 0 Å². The zero-order valence-electron chi connectivity index (χ0n) is 8.83. The predicted molar refractivity (Wildman–Crippen MR) is 64.2 cm³/mol. The molecular weight excluding hydrogens is 222 g/mol. The first-order valence-corrected chi connectivity index (χ1v) is 6.31. The number of Topliss-reactive ketones (excluding diaryl/α,β-unsaturated/α-hetero) is 1. The minimum atomic E-state index is -0.305. The second-order valence-corrected chi connectivity index (χ2v) is 4.77. The van der Waals surface area contributed by atoms with Crippen LogP contribution < -0.4 is 0 Å². The summed E-state index contributed by atoms with van der Waals surface area (Å²) in [5.41, 5.74) is 1.17. The number of ketones is 1. The van der Waals surface area contributed by atoms with E-state index in [2.05, 4.69) is 4.90 Å². The lowest BCUT2D eigenvalue weighted by molar-refractivity contribution is -0.132. The lowest BCUT2D eigenvalue weighted by Crippen LogP contribution is -2.37. The fourth-order valence-electron chi connectivity index (χ4n) is 1.79. The molecule has 1 aromatic carbocycles. The summed E-state index contributed by atoms with van der Waals surface area (Å²) < 4.78 is 0. The average Bonchev–Trinajstić information content (AvgIpc) is 2.77. The molecule has 0 spiro atoms. The van der Waals surface area contributed by atoms with E-state index >= 15 is 0 Å². The highest BCUT2D eigenvalue weighted by molar-refractivity contribution is 7.99. The predicted octanol–water partition coefficient (Wildman–Crippen LogP) is 1.33. The van der Waals surface area contributed by atoms with Crippen LogP contribution in [-0.2, 0) is 16.1 Å². The van der Waals surface area contributed by atoms with Gasteiger partial charge in [-0.2, -0.15) is 0 Å².